The largest absolute Gasteiger partial charge is 0.458 e. The summed E-state index contributed by atoms with van der Waals surface area (Å²) >= 11 is 0. The monoisotopic (exact) mass is 680 g/mol. The second-order valence-electron chi connectivity index (χ2n) is 14.4. The topological polar surface area (TPSA) is 157 Å². The van der Waals surface area contributed by atoms with Crippen LogP contribution in [0.3, 0.4) is 0 Å². The van der Waals surface area contributed by atoms with Gasteiger partial charge >= 0.3 is 12.1 Å². The number of unbranched alkanes of at least 4 members (excludes halogenated alkanes) is 2. The van der Waals surface area contributed by atoms with Gasteiger partial charge < -0.3 is 30.7 Å². The molecule has 11 heteroatoms. The lowest BCUT2D eigenvalue weighted by atomic mass is 9.92. The van der Waals surface area contributed by atoms with E-state index in [2.05, 4.69) is 10.6 Å². The van der Waals surface area contributed by atoms with Gasteiger partial charge in [-0.15, -0.1) is 0 Å². The molecule has 3 atom stereocenters. The standard InChI is InChI=1S/C38H56N4O7/c1-10-11-15-23-42(34(45)28(21-22-30(39)43)41-36(47)49-38(7,8)9)32(31-25(2)17-16-18-26(31)3)33(44)40-29(35(46)48-37(4,5)6)24-27-19-13-12-14-20-27/h12-14,16-20,28-29,32H,10-11,15,21-24H2,1-9H3,(H2,39,43)(H,40,44)(H,41,47). The first-order valence-electron chi connectivity index (χ1n) is 17.0. The third-order valence-electron chi connectivity index (χ3n) is 7.62. The highest BCUT2D eigenvalue weighted by atomic mass is 16.6. The minimum Gasteiger partial charge on any atom is -0.458 e. The first kappa shape index (κ1) is 40.8. The Hall–Kier alpha value is -4.41. The maximum Gasteiger partial charge on any atom is 0.408 e. The minimum absolute atomic E-state index is 0.104. The highest BCUT2D eigenvalue weighted by Gasteiger charge is 2.39. The molecule has 0 radical (unpaired) electrons. The van der Waals surface area contributed by atoms with E-state index in [-0.39, 0.29) is 25.8 Å². The van der Waals surface area contributed by atoms with Gasteiger partial charge in [0.2, 0.25) is 17.7 Å². The number of nitrogens with two attached hydrogens (primary N) is 1. The number of alkyl carbamates (subject to hydrolysis) is 1. The van der Waals surface area contributed by atoms with Gasteiger partial charge in [0.1, 0.15) is 29.3 Å². The molecule has 3 unspecified atom stereocenters. The smallest absolute Gasteiger partial charge is 0.408 e. The van der Waals surface area contributed by atoms with Gasteiger partial charge in [-0.3, -0.25) is 14.4 Å². The molecule has 0 heterocycles. The predicted octanol–water partition coefficient (Wildman–Crippen LogP) is 5.59. The molecule has 2 aromatic rings. The maximum atomic E-state index is 14.7. The molecule has 0 fully saturated rings. The Bertz CT molecular complexity index is 1410. The van der Waals surface area contributed by atoms with E-state index in [1.807, 2.05) is 69.3 Å². The first-order valence-corrected chi connectivity index (χ1v) is 17.0. The van der Waals surface area contributed by atoms with Crippen molar-refractivity contribution >= 4 is 29.8 Å². The van der Waals surface area contributed by atoms with Crippen LogP contribution in [0.1, 0.15) is 109 Å². The highest BCUT2D eigenvalue weighted by molar-refractivity contribution is 5.94. The number of primary amides is 1. The summed E-state index contributed by atoms with van der Waals surface area (Å²) in [5.41, 5.74) is 6.73. The fraction of sp³-hybridized carbons (Fsp3) is 0.553. The Labute approximate surface area is 291 Å². The average Bonchev–Trinajstić information content (AvgIpc) is 2.98. The van der Waals surface area contributed by atoms with Gasteiger partial charge in [0, 0.05) is 19.4 Å². The number of aryl methyl sites for hydroxylation is 2. The number of esters is 1. The Balaban J connectivity index is 2.70. The number of hydrogen-bond donors (Lipinski definition) is 3. The Morgan fingerprint density at radius 1 is 0.796 bits per heavy atom. The molecule has 0 aliphatic carbocycles. The fourth-order valence-electron chi connectivity index (χ4n) is 5.45. The molecule has 4 amide bonds. The number of carbonyl (C=O) groups excluding carboxylic acids is 5. The van der Waals surface area contributed by atoms with Crippen LogP contribution in [-0.4, -0.2) is 64.5 Å². The van der Waals surface area contributed by atoms with E-state index in [0.29, 0.717) is 12.0 Å². The van der Waals surface area contributed by atoms with Crippen molar-refractivity contribution in [1.82, 2.24) is 15.5 Å². The van der Waals surface area contributed by atoms with Crippen LogP contribution in [0.4, 0.5) is 4.79 Å². The SMILES string of the molecule is CCCCCN(C(=O)C(CCC(N)=O)NC(=O)OC(C)(C)C)C(C(=O)NC(Cc1ccccc1)C(=O)OC(C)(C)C)c1c(C)cccc1C. The molecule has 2 rings (SSSR count). The lowest BCUT2D eigenvalue weighted by molar-refractivity contribution is -0.159. The van der Waals surface area contributed by atoms with E-state index in [1.165, 1.54) is 4.90 Å². The summed E-state index contributed by atoms with van der Waals surface area (Å²) in [5, 5.41) is 5.56. The zero-order valence-electron chi connectivity index (χ0n) is 30.7. The molecular formula is C38H56N4O7. The summed E-state index contributed by atoms with van der Waals surface area (Å²) in [6.45, 7) is 16.3. The third-order valence-corrected chi connectivity index (χ3v) is 7.62. The number of nitrogens with zero attached hydrogens (tertiary/aromatic N) is 1. The number of nitrogens with one attached hydrogen (secondary N) is 2. The molecule has 2 aromatic carbocycles. The molecule has 0 saturated heterocycles. The van der Waals surface area contributed by atoms with Crippen molar-refractivity contribution in [3.8, 4) is 0 Å². The van der Waals surface area contributed by atoms with Crippen molar-refractivity contribution in [2.75, 3.05) is 6.54 Å². The Kier molecular flexibility index (Phi) is 15.3. The van der Waals surface area contributed by atoms with E-state index in [4.69, 9.17) is 15.2 Å². The second kappa shape index (κ2) is 18.4. The number of hydrogen-bond acceptors (Lipinski definition) is 7. The van der Waals surface area contributed by atoms with Crippen molar-refractivity contribution in [1.29, 1.82) is 0 Å². The van der Waals surface area contributed by atoms with Crippen LogP contribution in [-0.2, 0) is 35.1 Å². The molecular weight excluding hydrogens is 624 g/mol. The molecule has 0 spiro atoms. The first-order chi connectivity index (χ1) is 22.8. The molecule has 270 valence electrons. The van der Waals surface area contributed by atoms with Crippen LogP contribution < -0.4 is 16.4 Å². The lowest BCUT2D eigenvalue weighted by Gasteiger charge is -2.36. The van der Waals surface area contributed by atoms with Crippen LogP contribution in [0.5, 0.6) is 0 Å². The summed E-state index contributed by atoms with van der Waals surface area (Å²) in [6.07, 6.45) is 1.20. The normalized spacial score (nSPS) is 13.4. The highest BCUT2D eigenvalue weighted by Crippen LogP contribution is 2.30. The maximum absolute atomic E-state index is 14.7. The summed E-state index contributed by atoms with van der Waals surface area (Å²) in [4.78, 5) is 69.1. The molecule has 0 aliphatic rings. The number of amides is 4. The van der Waals surface area contributed by atoms with Gasteiger partial charge in [-0.2, -0.15) is 0 Å². The molecule has 4 N–H and O–H groups in total. The van der Waals surface area contributed by atoms with Crippen LogP contribution in [0.2, 0.25) is 0 Å². The van der Waals surface area contributed by atoms with Crippen molar-refractivity contribution in [2.45, 2.75) is 130 Å². The zero-order valence-corrected chi connectivity index (χ0v) is 30.7. The van der Waals surface area contributed by atoms with E-state index in [1.54, 1.807) is 41.5 Å². The molecule has 0 aliphatic heterocycles. The van der Waals surface area contributed by atoms with E-state index in [9.17, 15) is 24.0 Å². The van der Waals surface area contributed by atoms with Gasteiger partial charge in [-0.05, 0) is 90.5 Å². The second-order valence-corrected chi connectivity index (χ2v) is 14.4. The van der Waals surface area contributed by atoms with Crippen LogP contribution >= 0.6 is 0 Å². The molecule has 49 heavy (non-hydrogen) atoms. The molecule has 0 bridgehead atoms. The minimum atomic E-state index is -1.23. The predicted molar refractivity (Wildman–Crippen MR) is 189 cm³/mol. The Morgan fingerprint density at radius 3 is 1.92 bits per heavy atom. The fourth-order valence-corrected chi connectivity index (χ4v) is 5.45. The molecule has 0 aromatic heterocycles. The summed E-state index contributed by atoms with van der Waals surface area (Å²) in [6, 6.07) is 11.4. The third kappa shape index (κ3) is 13.9. The van der Waals surface area contributed by atoms with Gasteiger partial charge in [0.05, 0.1) is 0 Å². The number of benzene rings is 2. The average molecular weight is 681 g/mol. The summed E-state index contributed by atoms with van der Waals surface area (Å²) in [7, 11) is 0. The van der Waals surface area contributed by atoms with Crippen LogP contribution in [0.25, 0.3) is 0 Å². The van der Waals surface area contributed by atoms with Crippen LogP contribution in [0, 0.1) is 13.8 Å². The molecule has 11 nitrogen and oxygen atoms in total. The molecule has 0 saturated carbocycles. The Morgan fingerprint density at radius 2 is 1.39 bits per heavy atom. The van der Waals surface area contributed by atoms with Gasteiger partial charge in [0.25, 0.3) is 0 Å². The zero-order chi connectivity index (χ0) is 36.9. The quantitative estimate of drug-likeness (QED) is 0.154. The number of carbonyl (C=O) groups is 5. The van der Waals surface area contributed by atoms with E-state index < -0.39 is 59.1 Å². The lowest BCUT2D eigenvalue weighted by Crippen LogP contribution is -2.55. The van der Waals surface area contributed by atoms with Crippen LogP contribution in [0.15, 0.2) is 48.5 Å². The van der Waals surface area contributed by atoms with Gasteiger partial charge in [0.15, 0.2) is 0 Å². The number of rotatable bonds is 16. The summed E-state index contributed by atoms with van der Waals surface area (Å²) < 4.78 is 11.2. The van der Waals surface area contributed by atoms with Crippen molar-refractivity contribution in [3.63, 3.8) is 0 Å². The van der Waals surface area contributed by atoms with Crippen molar-refractivity contribution in [3.05, 3.63) is 70.8 Å². The number of ether oxygens (including phenoxy) is 2. The van der Waals surface area contributed by atoms with E-state index in [0.717, 1.165) is 29.5 Å². The van der Waals surface area contributed by atoms with Gasteiger partial charge in [-0.1, -0.05) is 68.3 Å². The van der Waals surface area contributed by atoms with E-state index >= 15 is 0 Å². The van der Waals surface area contributed by atoms with Crippen molar-refractivity contribution < 1.29 is 33.4 Å². The summed E-state index contributed by atoms with van der Waals surface area (Å²) in [5.74, 6) is -2.42. The van der Waals surface area contributed by atoms with Crippen molar-refractivity contribution in [2.24, 2.45) is 5.73 Å². The van der Waals surface area contributed by atoms with Gasteiger partial charge in [-0.25, -0.2) is 9.59 Å².